The number of nitrogens with zero attached hydrogens (tertiary/aromatic N) is 1. The van der Waals surface area contributed by atoms with Crippen molar-refractivity contribution >= 4 is 34.8 Å². The molecule has 0 fully saturated rings. The lowest BCUT2D eigenvalue weighted by molar-refractivity contribution is -0.118. The zero-order chi connectivity index (χ0) is 13.0. The van der Waals surface area contributed by atoms with Crippen molar-refractivity contribution in [2.45, 2.75) is 0 Å². The molecule has 0 atom stereocenters. The zero-order valence-electron chi connectivity index (χ0n) is 9.11. The number of nitrogens with one attached hydrogen (secondary N) is 2. The quantitative estimate of drug-likeness (QED) is 0.908. The van der Waals surface area contributed by atoms with Gasteiger partial charge in [-0.1, -0.05) is 23.2 Å². The number of carbonyl (C=O) groups is 1. The maximum atomic E-state index is 11.5. The normalized spacial score (nSPS) is 10.1. The first-order chi connectivity index (χ1) is 8.65. The number of amides is 1. The first-order valence-corrected chi connectivity index (χ1v) is 5.77. The molecule has 0 aliphatic heterocycles. The number of aromatic amines is 1. The van der Waals surface area contributed by atoms with Crippen molar-refractivity contribution in [2.75, 3.05) is 11.9 Å². The van der Waals surface area contributed by atoms with E-state index in [1.165, 1.54) is 6.20 Å². The van der Waals surface area contributed by atoms with Gasteiger partial charge in [-0.15, -0.1) is 0 Å². The summed E-state index contributed by atoms with van der Waals surface area (Å²) in [5.74, 6) is 0.189. The van der Waals surface area contributed by atoms with Gasteiger partial charge in [0.25, 0.3) is 5.91 Å². The third-order valence-electron chi connectivity index (χ3n) is 2.04. The van der Waals surface area contributed by atoms with Crippen LogP contribution >= 0.6 is 23.2 Å². The number of H-pyrrole nitrogens is 1. The van der Waals surface area contributed by atoms with Crippen LogP contribution in [0.2, 0.25) is 10.0 Å². The lowest BCUT2D eigenvalue weighted by atomic mass is 10.3. The molecule has 0 radical (unpaired) electrons. The summed E-state index contributed by atoms with van der Waals surface area (Å²) in [5.41, 5.74) is 0.581. The summed E-state index contributed by atoms with van der Waals surface area (Å²) in [6, 6.07) is 4.79. The number of rotatable bonds is 4. The molecule has 0 aliphatic carbocycles. The second kappa shape index (κ2) is 5.75. The van der Waals surface area contributed by atoms with Gasteiger partial charge in [-0.25, -0.2) is 0 Å². The Kier molecular flexibility index (Phi) is 4.07. The average Bonchev–Trinajstić information content (AvgIpc) is 2.83. The lowest BCUT2D eigenvalue weighted by Gasteiger charge is -2.06. The molecule has 0 spiro atoms. The second-order valence-corrected chi connectivity index (χ2v) is 4.21. The minimum atomic E-state index is -0.289. The largest absolute Gasteiger partial charge is 0.484 e. The SMILES string of the molecule is O=C(COc1ccc(Cl)c(Cl)c1)Nc1cn[nH]c1. The van der Waals surface area contributed by atoms with Crippen molar-refractivity contribution in [3.8, 4) is 5.75 Å². The van der Waals surface area contributed by atoms with Crippen LogP contribution in [-0.4, -0.2) is 22.7 Å². The Morgan fingerprint density at radius 3 is 2.89 bits per heavy atom. The van der Waals surface area contributed by atoms with Crippen LogP contribution in [0.4, 0.5) is 5.69 Å². The standard InChI is InChI=1S/C11H9Cl2N3O2/c12-9-2-1-8(3-10(9)13)18-6-11(17)16-7-4-14-15-5-7/h1-5H,6H2,(H,14,15)(H,16,17). The van der Waals surface area contributed by atoms with Crippen LogP contribution in [-0.2, 0) is 4.79 Å². The van der Waals surface area contributed by atoms with Crippen LogP contribution in [0.1, 0.15) is 0 Å². The van der Waals surface area contributed by atoms with Crippen molar-refractivity contribution < 1.29 is 9.53 Å². The molecule has 0 saturated carbocycles. The van der Waals surface area contributed by atoms with Gasteiger partial charge in [-0.3, -0.25) is 9.89 Å². The van der Waals surface area contributed by atoms with Crippen LogP contribution in [0.25, 0.3) is 0 Å². The van der Waals surface area contributed by atoms with E-state index in [9.17, 15) is 4.79 Å². The topological polar surface area (TPSA) is 67.0 Å². The highest BCUT2D eigenvalue weighted by Crippen LogP contribution is 2.26. The van der Waals surface area contributed by atoms with Gasteiger partial charge in [0.2, 0.25) is 0 Å². The van der Waals surface area contributed by atoms with E-state index in [2.05, 4.69) is 15.5 Å². The Hall–Kier alpha value is -1.72. The summed E-state index contributed by atoms with van der Waals surface area (Å²) < 4.78 is 5.27. The van der Waals surface area contributed by atoms with Crippen molar-refractivity contribution in [1.29, 1.82) is 0 Å². The number of benzene rings is 1. The maximum Gasteiger partial charge on any atom is 0.262 e. The molecule has 2 aromatic rings. The van der Waals surface area contributed by atoms with E-state index in [1.807, 2.05) is 0 Å². The van der Waals surface area contributed by atoms with Crippen molar-refractivity contribution in [3.05, 3.63) is 40.6 Å². The highest BCUT2D eigenvalue weighted by atomic mass is 35.5. The fourth-order valence-corrected chi connectivity index (χ4v) is 1.52. The summed E-state index contributed by atoms with van der Waals surface area (Å²) >= 11 is 11.6. The molecule has 1 amide bonds. The van der Waals surface area contributed by atoms with Crippen LogP contribution in [0.5, 0.6) is 5.75 Å². The first kappa shape index (κ1) is 12.7. The van der Waals surface area contributed by atoms with Gasteiger partial charge in [-0.2, -0.15) is 5.10 Å². The predicted molar refractivity (Wildman–Crippen MR) is 69.2 cm³/mol. The molecule has 1 aromatic carbocycles. The summed E-state index contributed by atoms with van der Waals surface area (Å²) in [6.45, 7) is -0.122. The molecule has 7 heteroatoms. The Bertz CT molecular complexity index is 543. The molecular weight excluding hydrogens is 277 g/mol. The zero-order valence-corrected chi connectivity index (χ0v) is 10.6. The van der Waals surface area contributed by atoms with E-state index >= 15 is 0 Å². The van der Waals surface area contributed by atoms with Gasteiger partial charge in [0.1, 0.15) is 5.75 Å². The number of aromatic nitrogens is 2. The first-order valence-electron chi connectivity index (χ1n) is 5.01. The average molecular weight is 286 g/mol. The fraction of sp³-hybridized carbons (Fsp3) is 0.0909. The minimum Gasteiger partial charge on any atom is -0.484 e. The molecule has 2 N–H and O–H groups in total. The maximum absolute atomic E-state index is 11.5. The summed E-state index contributed by atoms with van der Waals surface area (Å²) in [6.07, 6.45) is 3.06. The molecule has 0 bridgehead atoms. The Labute approximate surface area is 113 Å². The highest BCUT2D eigenvalue weighted by Gasteiger charge is 2.05. The van der Waals surface area contributed by atoms with E-state index in [1.54, 1.807) is 24.4 Å². The molecule has 1 aromatic heterocycles. The monoisotopic (exact) mass is 285 g/mol. The Morgan fingerprint density at radius 1 is 1.39 bits per heavy atom. The van der Waals surface area contributed by atoms with Gasteiger partial charge in [0.15, 0.2) is 6.61 Å². The molecule has 0 saturated heterocycles. The number of hydrogen-bond donors (Lipinski definition) is 2. The van der Waals surface area contributed by atoms with Crippen LogP contribution < -0.4 is 10.1 Å². The predicted octanol–water partition coefficient (Wildman–Crippen LogP) is 2.73. The Morgan fingerprint density at radius 2 is 2.22 bits per heavy atom. The summed E-state index contributed by atoms with van der Waals surface area (Å²) in [7, 11) is 0. The van der Waals surface area contributed by atoms with Gasteiger partial charge in [0.05, 0.1) is 21.9 Å². The minimum absolute atomic E-state index is 0.122. The molecule has 1 heterocycles. The molecule has 94 valence electrons. The number of hydrogen-bond acceptors (Lipinski definition) is 3. The molecule has 2 rings (SSSR count). The smallest absolute Gasteiger partial charge is 0.262 e. The highest BCUT2D eigenvalue weighted by molar-refractivity contribution is 6.42. The van der Waals surface area contributed by atoms with E-state index in [4.69, 9.17) is 27.9 Å². The molecule has 18 heavy (non-hydrogen) atoms. The number of carbonyl (C=O) groups excluding carboxylic acids is 1. The molecular formula is C11H9Cl2N3O2. The van der Waals surface area contributed by atoms with Crippen molar-refractivity contribution in [1.82, 2.24) is 10.2 Å². The van der Waals surface area contributed by atoms with Gasteiger partial charge in [-0.05, 0) is 12.1 Å². The van der Waals surface area contributed by atoms with Gasteiger partial charge >= 0.3 is 0 Å². The van der Waals surface area contributed by atoms with Crippen molar-refractivity contribution in [2.24, 2.45) is 0 Å². The van der Waals surface area contributed by atoms with Crippen LogP contribution in [0.15, 0.2) is 30.6 Å². The van der Waals surface area contributed by atoms with Crippen molar-refractivity contribution in [3.63, 3.8) is 0 Å². The van der Waals surface area contributed by atoms with E-state index < -0.39 is 0 Å². The van der Waals surface area contributed by atoms with E-state index in [-0.39, 0.29) is 12.5 Å². The Balaban J connectivity index is 1.87. The fourth-order valence-electron chi connectivity index (χ4n) is 1.23. The van der Waals surface area contributed by atoms with Crippen LogP contribution in [0, 0.1) is 0 Å². The van der Waals surface area contributed by atoms with E-state index in [0.717, 1.165) is 0 Å². The molecule has 0 aliphatic rings. The lowest BCUT2D eigenvalue weighted by Crippen LogP contribution is -2.19. The van der Waals surface area contributed by atoms with Gasteiger partial charge in [0, 0.05) is 12.3 Å². The van der Waals surface area contributed by atoms with Gasteiger partial charge < -0.3 is 10.1 Å². The number of halogens is 2. The number of anilines is 1. The molecule has 0 unspecified atom stereocenters. The second-order valence-electron chi connectivity index (χ2n) is 3.40. The third kappa shape index (κ3) is 3.38. The van der Waals surface area contributed by atoms with Crippen LogP contribution in [0.3, 0.4) is 0 Å². The molecule has 5 nitrogen and oxygen atoms in total. The third-order valence-corrected chi connectivity index (χ3v) is 2.78. The summed E-state index contributed by atoms with van der Waals surface area (Å²) in [4.78, 5) is 11.5. The van der Waals surface area contributed by atoms with E-state index in [0.29, 0.717) is 21.5 Å². The summed E-state index contributed by atoms with van der Waals surface area (Å²) in [5, 5.41) is 9.70. The number of ether oxygens (including phenoxy) is 1.